The summed E-state index contributed by atoms with van der Waals surface area (Å²) < 4.78 is 5.13. The number of hydrogen-bond donors (Lipinski definition) is 3. The summed E-state index contributed by atoms with van der Waals surface area (Å²) in [5.74, 6) is -0.407. The highest BCUT2D eigenvalue weighted by Gasteiger charge is 2.11. The minimum atomic E-state index is -0.407. The second-order valence-electron chi connectivity index (χ2n) is 4.17. The van der Waals surface area contributed by atoms with Crippen molar-refractivity contribution in [3.63, 3.8) is 0 Å². The lowest BCUT2D eigenvalue weighted by Crippen LogP contribution is -2.37. The van der Waals surface area contributed by atoms with Gasteiger partial charge in [-0.1, -0.05) is 12.1 Å². The van der Waals surface area contributed by atoms with Crippen LogP contribution in [0.3, 0.4) is 0 Å². The molecule has 0 fully saturated rings. The van der Waals surface area contributed by atoms with E-state index in [2.05, 4.69) is 15.6 Å². The lowest BCUT2D eigenvalue weighted by molar-refractivity contribution is 0.0512. The lowest BCUT2D eigenvalue weighted by Gasteiger charge is -2.07. The van der Waals surface area contributed by atoms with Gasteiger partial charge in [0.1, 0.15) is 6.61 Å². The molecular weight excluding hydrogens is 258 g/mol. The van der Waals surface area contributed by atoms with Crippen LogP contribution in [0.2, 0.25) is 0 Å². The number of ether oxygens (including phenoxy) is 1. The molecule has 6 nitrogen and oxygen atoms in total. The van der Waals surface area contributed by atoms with Crippen LogP contribution in [0.25, 0.3) is 10.9 Å². The second-order valence-corrected chi connectivity index (χ2v) is 4.17. The fraction of sp³-hybridized carbons (Fsp3) is 0.286. The van der Waals surface area contributed by atoms with E-state index in [9.17, 15) is 9.59 Å². The van der Waals surface area contributed by atoms with Gasteiger partial charge in [0.2, 0.25) is 0 Å². The minimum Gasteiger partial charge on any atom is -0.460 e. The van der Waals surface area contributed by atoms with E-state index < -0.39 is 5.97 Å². The Hall–Kier alpha value is -2.50. The number of para-hydroxylation sites is 1. The molecule has 6 heteroatoms. The minimum absolute atomic E-state index is 0.132. The molecule has 1 heterocycles. The summed E-state index contributed by atoms with van der Waals surface area (Å²) in [6.07, 6.45) is 1.78. The highest BCUT2D eigenvalue weighted by molar-refractivity contribution is 6.02. The van der Waals surface area contributed by atoms with E-state index in [0.29, 0.717) is 12.1 Å². The maximum absolute atomic E-state index is 12.0. The third kappa shape index (κ3) is 3.28. The lowest BCUT2D eigenvalue weighted by atomic mass is 10.1. The number of nitrogens with one attached hydrogen (secondary N) is 3. The molecule has 0 saturated carbocycles. The third-order valence-corrected chi connectivity index (χ3v) is 2.77. The molecular formula is C14H17N3O3. The van der Waals surface area contributed by atoms with E-state index >= 15 is 0 Å². The molecule has 0 aliphatic carbocycles. The van der Waals surface area contributed by atoms with Crippen LogP contribution in [0.4, 0.5) is 4.79 Å². The van der Waals surface area contributed by atoms with Gasteiger partial charge >= 0.3 is 12.0 Å². The molecule has 0 saturated heterocycles. The first-order chi connectivity index (χ1) is 9.72. The molecule has 20 heavy (non-hydrogen) atoms. The molecule has 2 amide bonds. The quantitative estimate of drug-likeness (QED) is 0.573. The summed E-state index contributed by atoms with van der Waals surface area (Å²) in [4.78, 5) is 26.1. The van der Waals surface area contributed by atoms with E-state index in [0.717, 1.165) is 10.9 Å². The topological polar surface area (TPSA) is 83.2 Å². The van der Waals surface area contributed by atoms with Gasteiger partial charge in [0.25, 0.3) is 0 Å². The van der Waals surface area contributed by atoms with E-state index in [1.165, 1.54) is 0 Å². The predicted molar refractivity (Wildman–Crippen MR) is 75.7 cm³/mol. The molecule has 1 aromatic heterocycles. The number of carbonyl (C=O) groups excluding carboxylic acids is 2. The Morgan fingerprint density at radius 3 is 2.90 bits per heavy atom. The number of benzene rings is 1. The number of esters is 1. The van der Waals surface area contributed by atoms with Crippen molar-refractivity contribution in [1.82, 2.24) is 15.6 Å². The van der Waals surface area contributed by atoms with Crippen LogP contribution < -0.4 is 10.6 Å². The van der Waals surface area contributed by atoms with Crippen LogP contribution in [0.5, 0.6) is 0 Å². The average molecular weight is 275 g/mol. The van der Waals surface area contributed by atoms with Gasteiger partial charge < -0.3 is 20.4 Å². The molecule has 0 atom stereocenters. The predicted octanol–water partition coefficient (Wildman–Crippen LogP) is 1.64. The summed E-state index contributed by atoms with van der Waals surface area (Å²) in [5, 5.41) is 6.14. The maximum Gasteiger partial charge on any atom is 0.340 e. The number of urea groups is 1. The Bertz CT molecular complexity index is 606. The average Bonchev–Trinajstić information content (AvgIpc) is 2.91. The maximum atomic E-state index is 12.0. The second kappa shape index (κ2) is 6.60. The summed E-state index contributed by atoms with van der Waals surface area (Å²) in [5.41, 5.74) is 1.25. The van der Waals surface area contributed by atoms with Crippen LogP contribution in [0.1, 0.15) is 17.3 Å². The van der Waals surface area contributed by atoms with E-state index in [1.54, 1.807) is 18.3 Å². The first-order valence-corrected chi connectivity index (χ1v) is 6.47. The van der Waals surface area contributed by atoms with Gasteiger partial charge in [0.15, 0.2) is 0 Å². The Labute approximate surface area is 116 Å². The monoisotopic (exact) mass is 275 g/mol. The zero-order chi connectivity index (χ0) is 14.4. The van der Waals surface area contributed by atoms with Gasteiger partial charge in [0.05, 0.1) is 17.6 Å². The number of amides is 2. The molecule has 0 bridgehead atoms. The summed E-state index contributed by atoms with van der Waals surface area (Å²) >= 11 is 0. The summed E-state index contributed by atoms with van der Waals surface area (Å²) in [6, 6.07) is 7.05. The zero-order valence-electron chi connectivity index (χ0n) is 11.2. The van der Waals surface area contributed by atoms with Gasteiger partial charge in [-0.3, -0.25) is 0 Å². The van der Waals surface area contributed by atoms with E-state index in [-0.39, 0.29) is 19.2 Å². The van der Waals surface area contributed by atoms with Gasteiger partial charge in [-0.25, -0.2) is 9.59 Å². The Morgan fingerprint density at radius 1 is 1.25 bits per heavy atom. The molecule has 0 aliphatic heterocycles. The van der Waals surface area contributed by atoms with Gasteiger partial charge in [0, 0.05) is 18.1 Å². The van der Waals surface area contributed by atoms with Crippen molar-refractivity contribution in [2.24, 2.45) is 0 Å². The number of aromatic nitrogens is 1. The van der Waals surface area contributed by atoms with Crippen LogP contribution in [-0.2, 0) is 4.74 Å². The molecule has 2 rings (SSSR count). The van der Waals surface area contributed by atoms with Crippen molar-refractivity contribution in [3.8, 4) is 0 Å². The largest absolute Gasteiger partial charge is 0.460 e. The smallest absolute Gasteiger partial charge is 0.340 e. The Balaban J connectivity index is 1.86. The Kier molecular flexibility index (Phi) is 4.60. The van der Waals surface area contributed by atoms with Gasteiger partial charge in [-0.2, -0.15) is 0 Å². The highest BCUT2D eigenvalue weighted by atomic mass is 16.5. The van der Waals surface area contributed by atoms with Crippen molar-refractivity contribution in [2.45, 2.75) is 6.92 Å². The van der Waals surface area contributed by atoms with Crippen molar-refractivity contribution in [1.29, 1.82) is 0 Å². The number of carbonyl (C=O) groups is 2. The van der Waals surface area contributed by atoms with E-state index in [4.69, 9.17) is 4.74 Å². The van der Waals surface area contributed by atoms with Crippen molar-refractivity contribution in [3.05, 3.63) is 36.0 Å². The van der Waals surface area contributed by atoms with Gasteiger partial charge in [-0.15, -0.1) is 0 Å². The van der Waals surface area contributed by atoms with Gasteiger partial charge in [-0.05, 0) is 19.1 Å². The van der Waals surface area contributed by atoms with Crippen LogP contribution in [-0.4, -0.2) is 36.7 Å². The number of H-pyrrole nitrogens is 1. The number of rotatable bonds is 5. The van der Waals surface area contributed by atoms with Crippen LogP contribution in [0, 0.1) is 0 Å². The molecule has 0 aliphatic rings. The molecule has 0 spiro atoms. The molecule has 0 radical (unpaired) electrons. The zero-order valence-corrected chi connectivity index (χ0v) is 11.2. The Morgan fingerprint density at radius 2 is 2.10 bits per heavy atom. The normalized spacial score (nSPS) is 10.2. The molecule has 1 aromatic carbocycles. The molecule has 3 N–H and O–H groups in total. The third-order valence-electron chi connectivity index (χ3n) is 2.77. The summed E-state index contributed by atoms with van der Waals surface area (Å²) in [7, 11) is 0. The summed E-state index contributed by atoms with van der Waals surface area (Å²) in [6.45, 7) is 2.79. The molecule has 106 valence electrons. The number of fused-ring (bicyclic) bond motifs is 1. The van der Waals surface area contributed by atoms with Crippen molar-refractivity contribution >= 4 is 22.9 Å². The number of aromatic amines is 1. The number of hydrogen-bond acceptors (Lipinski definition) is 3. The SMILES string of the molecule is CCNC(=O)NCCOC(=O)c1cccc2cc[nH]c12. The highest BCUT2D eigenvalue weighted by Crippen LogP contribution is 2.17. The van der Waals surface area contributed by atoms with Crippen molar-refractivity contribution in [2.75, 3.05) is 19.7 Å². The first kappa shape index (κ1) is 13.9. The molecule has 2 aromatic rings. The van der Waals surface area contributed by atoms with E-state index in [1.807, 2.05) is 19.1 Å². The fourth-order valence-electron chi connectivity index (χ4n) is 1.86. The standard InChI is InChI=1S/C14H17N3O3/c1-2-15-14(19)17-8-9-20-13(18)11-5-3-4-10-6-7-16-12(10)11/h3-7,16H,2,8-9H2,1H3,(H2,15,17,19). The fourth-order valence-corrected chi connectivity index (χ4v) is 1.86. The van der Waals surface area contributed by atoms with Crippen LogP contribution >= 0.6 is 0 Å². The molecule has 0 unspecified atom stereocenters. The first-order valence-electron chi connectivity index (χ1n) is 6.47. The van der Waals surface area contributed by atoms with Crippen LogP contribution in [0.15, 0.2) is 30.5 Å². The van der Waals surface area contributed by atoms with Crippen molar-refractivity contribution < 1.29 is 14.3 Å².